The number of amides is 1. The van der Waals surface area contributed by atoms with Crippen molar-refractivity contribution in [3.05, 3.63) is 0 Å². The molecular weight excluding hydrogens is 194 g/mol. The van der Waals surface area contributed by atoms with Gasteiger partial charge in [0, 0.05) is 6.54 Å². The van der Waals surface area contributed by atoms with Gasteiger partial charge in [-0.2, -0.15) is 0 Å². The SMILES string of the molecule is NCC1CCC(C(=O)NCC(F)F)O1. The second-order valence-electron chi connectivity index (χ2n) is 3.20. The Labute approximate surface area is 80.8 Å². The molecule has 4 nitrogen and oxygen atoms in total. The number of carbonyl (C=O) groups is 1. The Bertz CT molecular complexity index is 202. The molecule has 14 heavy (non-hydrogen) atoms. The van der Waals surface area contributed by atoms with Crippen LogP contribution in [0.3, 0.4) is 0 Å². The number of rotatable bonds is 4. The number of nitrogens with two attached hydrogens (primary N) is 1. The predicted molar refractivity (Wildman–Crippen MR) is 46.0 cm³/mol. The summed E-state index contributed by atoms with van der Waals surface area (Å²) >= 11 is 0. The third-order valence-corrected chi connectivity index (χ3v) is 2.09. The lowest BCUT2D eigenvalue weighted by atomic mass is 10.2. The van der Waals surface area contributed by atoms with Gasteiger partial charge in [0.1, 0.15) is 6.10 Å². The maximum absolute atomic E-state index is 11.7. The monoisotopic (exact) mass is 208 g/mol. The maximum atomic E-state index is 11.7. The van der Waals surface area contributed by atoms with E-state index in [4.69, 9.17) is 10.5 Å². The van der Waals surface area contributed by atoms with Crippen LogP contribution in [0.5, 0.6) is 0 Å². The Hall–Kier alpha value is -0.750. The lowest BCUT2D eigenvalue weighted by Gasteiger charge is -2.12. The van der Waals surface area contributed by atoms with E-state index in [1.54, 1.807) is 0 Å². The van der Waals surface area contributed by atoms with Crippen molar-refractivity contribution >= 4 is 5.91 Å². The molecule has 1 saturated heterocycles. The van der Waals surface area contributed by atoms with Gasteiger partial charge in [-0.3, -0.25) is 4.79 Å². The van der Waals surface area contributed by atoms with Crippen LogP contribution in [-0.4, -0.2) is 37.6 Å². The number of hydrogen-bond donors (Lipinski definition) is 2. The molecule has 0 bridgehead atoms. The second-order valence-corrected chi connectivity index (χ2v) is 3.20. The van der Waals surface area contributed by atoms with Gasteiger partial charge in [0.05, 0.1) is 12.6 Å². The first-order chi connectivity index (χ1) is 6.63. The van der Waals surface area contributed by atoms with E-state index in [1.807, 2.05) is 0 Å². The van der Waals surface area contributed by atoms with Crippen molar-refractivity contribution in [3.8, 4) is 0 Å². The molecule has 3 N–H and O–H groups in total. The molecule has 2 atom stereocenters. The van der Waals surface area contributed by atoms with Gasteiger partial charge in [-0.05, 0) is 12.8 Å². The van der Waals surface area contributed by atoms with E-state index in [0.29, 0.717) is 19.4 Å². The summed E-state index contributed by atoms with van der Waals surface area (Å²) in [6, 6.07) is 0. The van der Waals surface area contributed by atoms with Gasteiger partial charge in [-0.15, -0.1) is 0 Å². The minimum absolute atomic E-state index is 0.114. The summed E-state index contributed by atoms with van der Waals surface area (Å²) in [6.45, 7) is -0.259. The van der Waals surface area contributed by atoms with Gasteiger partial charge >= 0.3 is 0 Å². The summed E-state index contributed by atoms with van der Waals surface area (Å²) in [5.74, 6) is -0.471. The van der Waals surface area contributed by atoms with Crippen LogP contribution < -0.4 is 11.1 Å². The normalized spacial score (nSPS) is 26.9. The first kappa shape index (κ1) is 11.3. The van der Waals surface area contributed by atoms with Crippen molar-refractivity contribution in [2.75, 3.05) is 13.1 Å². The van der Waals surface area contributed by atoms with Crippen LogP contribution in [0.1, 0.15) is 12.8 Å². The van der Waals surface area contributed by atoms with Crippen molar-refractivity contribution in [2.45, 2.75) is 31.5 Å². The summed E-state index contributed by atoms with van der Waals surface area (Å²) in [5, 5.41) is 2.11. The summed E-state index contributed by atoms with van der Waals surface area (Å²) in [7, 11) is 0. The molecule has 2 unspecified atom stereocenters. The lowest BCUT2D eigenvalue weighted by molar-refractivity contribution is -0.132. The van der Waals surface area contributed by atoms with E-state index in [2.05, 4.69) is 5.32 Å². The van der Waals surface area contributed by atoms with Gasteiger partial charge in [-0.25, -0.2) is 8.78 Å². The fourth-order valence-corrected chi connectivity index (χ4v) is 1.36. The molecule has 6 heteroatoms. The Balaban J connectivity index is 2.25. The molecule has 1 fully saturated rings. The Morgan fingerprint density at radius 2 is 2.29 bits per heavy atom. The standard InChI is InChI=1S/C8H14F2N2O2/c9-7(10)4-12-8(13)6-2-1-5(3-11)14-6/h5-7H,1-4,11H2,(H,12,13). The van der Waals surface area contributed by atoms with Gasteiger partial charge in [-0.1, -0.05) is 0 Å². The van der Waals surface area contributed by atoms with Crippen LogP contribution in [0.15, 0.2) is 0 Å². The zero-order valence-corrected chi connectivity index (χ0v) is 7.71. The topological polar surface area (TPSA) is 64.4 Å². The number of hydrogen-bond acceptors (Lipinski definition) is 3. The molecule has 1 aliphatic heterocycles. The minimum atomic E-state index is -2.52. The van der Waals surface area contributed by atoms with Crippen molar-refractivity contribution in [3.63, 3.8) is 0 Å². The van der Waals surface area contributed by atoms with Gasteiger partial charge < -0.3 is 15.8 Å². The molecule has 0 aliphatic carbocycles. The minimum Gasteiger partial charge on any atom is -0.364 e. The number of nitrogens with one attached hydrogen (secondary N) is 1. The van der Waals surface area contributed by atoms with E-state index in [0.717, 1.165) is 0 Å². The Morgan fingerprint density at radius 1 is 1.57 bits per heavy atom. The summed E-state index contributed by atoms with van der Waals surface area (Å²) in [5.41, 5.74) is 5.34. The average Bonchev–Trinajstić information content (AvgIpc) is 2.62. The van der Waals surface area contributed by atoms with Crippen molar-refractivity contribution in [1.29, 1.82) is 0 Å². The quantitative estimate of drug-likeness (QED) is 0.676. The largest absolute Gasteiger partial charge is 0.364 e. The van der Waals surface area contributed by atoms with Gasteiger partial charge in [0.2, 0.25) is 5.91 Å². The molecule has 1 amide bonds. The van der Waals surface area contributed by atoms with E-state index in [-0.39, 0.29) is 6.10 Å². The third-order valence-electron chi connectivity index (χ3n) is 2.09. The van der Waals surface area contributed by atoms with Crippen LogP contribution in [0, 0.1) is 0 Å². The smallest absolute Gasteiger partial charge is 0.255 e. The highest BCUT2D eigenvalue weighted by molar-refractivity contribution is 5.81. The van der Waals surface area contributed by atoms with E-state index in [9.17, 15) is 13.6 Å². The fourth-order valence-electron chi connectivity index (χ4n) is 1.36. The van der Waals surface area contributed by atoms with Crippen LogP contribution in [0.2, 0.25) is 0 Å². The molecule has 0 saturated carbocycles. The molecule has 0 aromatic rings. The first-order valence-corrected chi connectivity index (χ1v) is 4.55. The average molecular weight is 208 g/mol. The van der Waals surface area contributed by atoms with E-state index in [1.165, 1.54) is 0 Å². The highest BCUT2D eigenvalue weighted by Crippen LogP contribution is 2.18. The van der Waals surface area contributed by atoms with Crippen molar-refractivity contribution in [2.24, 2.45) is 5.73 Å². The van der Waals surface area contributed by atoms with E-state index >= 15 is 0 Å². The molecule has 82 valence electrons. The van der Waals surface area contributed by atoms with Crippen LogP contribution in [0.4, 0.5) is 8.78 Å². The van der Waals surface area contributed by atoms with Gasteiger partial charge in [0.15, 0.2) is 0 Å². The second kappa shape index (κ2) is 5.21. The molecule has 1 rings (SSSR count). The number of alkyl halides is 2. The molecule has 0 aromatic carbocycles. The Kier molecular flexibility index (Phi) is 4.21. The number of ether oxygens (including phenoxy) is 1. The summed E-state index contributed by atoms with van der Waals surface area (Å²) in [4.78, 5) is 11.2. The predicted octanol–water partition coefficient (Wildman–Crippen LogP) is -0.126. The molecule has 0 radical (unpaired) electrons. The van der Waals surface area contributed by atoms with Gasteiger partial charge in [0.25, 0.3) is 6.43 Å². The maximum Gasteiger partial charge on any atom is 0.255 e. The molecule has 1 heterocycles. The number of halogens is 2. The highest BCUT2D eigenvalue weighted by Gasteiger charge is 2.29. The zero-order chi connectivity index (χ0) is 10.6. The lowest BCUT2D eigenvalue weighted by Crippen LogP contribution is -2.37. The van der Waals surface area contributed by atoms with Crippen molar-refractivity contribution < 1.29 is 18.3 Å². The van der Waals surface area contributed by atoms with Crippen LogP contribution in [-0.2, 0) is 9.53 Å². The molecule has 0 spiro atoms. The van der Waals surface area contributed by atoms with Crippen LogP contribution >= 0.6 is 0 Å². The molecule has 1 aliphatic rings. The first-order valence-electron chi connectivity index (χ1n) is 4.55. The zero-order valence-electron chi connectivity index (χ0n) is 7.71. The highest BCUT2D eigenvalue weighted by atomic mass is 19.3. The summed E-state index contributed by atoms with van der Waals surface area (Å²) in [6.07, 6.45) is -1.98. The van der Waals surface area contributed by atoms with Crippen LogP contribution in [0.25, 0.3) is 0 Å². The fraction of sp³-hybridized carbons (Fsp3) is 0.875. The Morgan fingerprint density at radius 3 is 2.79 bits per heavy atom. The van der Waals surface area contributed by atoms with E-state index < -0.39 is 25.0 Å². The van der Waals surface area contributed by atoms with Crippen molar-refractivity contribution in [1.82, 2.24) is 5.32 Å². The number of carbonyl (C=O) groups excluding carboxylic acids is 1. The molecular formula is C8H14F2N2O2. The molecule has 0 aromatic heterocycles. The third kappa shape index (κ3) is 3.19. The summed E-state index contributed by atoms with van der Waals surface area (Å²) < 4.78 is 28.7.